The van der Waals surface area contributed by atoms with Crippen LogP contribution in [0.1, 0.15) is 36.9 Å². The first-order valence-electron chi connectivity index (χ1n) is 11.2. The number of aromatic nitrogens is 2. The second-order valence-corrected chi connectivity index (χ2v) is 7.76. The number of carbonyl (C=O) groups is 2. The molecule has 3 aromatic rings. The van der Waals surface area contributed by atoms with Crippen LogP contribution in [-0.2, 0) is 16.0 Å². The highest BCUT2D eigenvalue weighted by atomic mass is 16.2. The lowest BCUT2D eigenvalue weighted by molar-refractivity contribution is -0.125. The molecule has 7 nitrogen and oxygen atoms in total. The number of nitrogens with one attached hydrogen (secondary N) is 1. The number of nitriles is 1. The molecule has 1 N–H and O–H groups in total. The van der Waals surface area contributed by atoms with Crippen molar-refractivity contribution in [1.29, 1.82) is 5.26 Å². The Balaban J connectivity index is 1.42. The van der Waals surface area contributed by atoms with Crippen LogP contribution in [0.2, 0.25) is 0 Å². The van der Waals surface area contributed by atoms with Crippen molar-refractivity contribution in [3.8, 4) is 11.8 Å². The first-order valence-corrected chi connectivity index (χ1v) is 11.2. The molecule has 0 aliphatic carbocycles. The molecule has 0 spiro atoms. The van der Waals surface area contributed by atoms with Gasteiger partial charge in [0.1, 0.15) is 0 Å². The van der Waals surface area contributed by atoms with Gasteiger partial charge in [0.2, 0.25) is 11.8 Å². The van der Waals surface area contributed by atoms with Gasteiger partial charge in [-0.15, -0.1) is 0 Å². The Bertz CT molecular complexity index is 1090. The largest absolute Gasteiger partial charge is 0.356 e. The Labute approximate surface area is 194 Å². The predicted molar refractivity (Wildman–Crippen MR) is 128 cm³/mol. The number of carbonyl (C=O) groups excluding carboxylic acids is 2. The summed E-state index contributed by atoms with van der Waals surface area (Å²) in [6, 6.07) is 21.3. The van der Waals surface area contributed by atoms with Crippen LogP contribution in [0, 0.1) is 18.3 Å². The summed E-state index contributed by atoms with van der Waals surface area (Å²) in [6.45, 7) is 2.85. The Kier molecular flexibility index (Phi) is 8.78. The highest BCUT2D eigenvalue weighted by Gasteiger charge is 2.16. The highest BCUT2D eigenvalue weighted by molar-refractivity contribution is 5.95. The van der Waals surface area contributed by atoms with Gasteiger partial charge in [0.25, 0.3) is 0 Å². The summed E-state index contributed by atoms with van der Waals surface area (Å²) in [5.41, 5.74) is 3.89. The molecule has 7 heteroatoms. The second-order valence-electron chi connectivity index (χ2n) is 7.76. The average molecular weight is 444 g/mol. The molecular weight excluding hydrogens is 414 g/mol. The predicted octanol–water partition coefficient (Wildman–Crippen LogP) is 3.96. The van der Waals surface area contributed by atoms with Gasteiger partial charge in [0.05, 0.1) is 23.9 Å². The molecule has 2 aromatic carbocycles. The quantitative estimate of drug-likeness (QED) is 0.454. The molecular formula is C26H29N5O2. The molecule has 0 unspecified atom stereocenters. The fourth-order valence-corrected chi connectivity index (χ4v) is 3.57. The van der Waals surface area contributed by atoms with Crippen LogP contribution in [0.4, 0.5) is 5.69 Å². The first-order chi connectivity index (χ1) is 16.1. The van der Waals surface area contributed by atoms with Gasteiger partial charge in [-0.25, -0.2) is 4.68 Å². The Morgan fingerprint density at radius 3 is 2.45 bits per heavy atom. The van der Waals surface area contributed by atoms with Crippen LogP contribution in [0.15, 0.2) is 66.9 Å². The van der Waals surface area contributed by atoms with Crippen LogP contribution in [-0.4, -0.2) is 34.7 Å². The number of anilines is 1. The minimum absolute atomic E-state index is 0.106. The fourth-order valence-electron chi connectivity index (χ4n) is 3.57. The maximum absolute atomic E-state index is 12.7. The third-order valence-corrected chi connectivity index (χ3v) is 5.35. The first kappa shape index (κ1) is 23.7. The summed E-state index contributed by atoms with van der Waals surface area (Å²) in [5, 5.41) is 16.4. The van der Waals surface area contributed by atoms with Crippen molar-refractivity contribution in [2.45, 2.75) is 39.0 Å². The zero-order chi connectivity index (χ0) is 23.5. The van der Waals surface area contributed by atoms with E-state index in [1.807, 2.05) is 78.5 Å². The smallest absolute Gasteiger partial charge is 0.227 e. The molecule has 3 rings (SSSR count). The van der Waals surface area contributed by atoms with E-state index in [0.717, 1.165) is 35.5 Å². The van der Waals surface area contributed by atoms with Gasteiger partial charge in [-0.2, -0.15) is 10.4 Å². The minimum Gasteiger partial charge on any atom is -0.356 e. The molecule has 1 heterocycles. The van der Waals surface area contributed by atoms with Crippen LogP contribution in [0.3, 0.4) is 0 Å². The number of para-hydroxylation sites is 2. The van der Waals surface area contributed by atoms with E-state index in [4.69, 9.17) is 5.26 Å². The Morgan fingerprint density at radius 2 is 1.76 bits per heavy atom. The fraction of sp³-hybridized carbons (Fsp3) is 0.308. The van der Waals surface area contributed by atoms with Gasteiger partial charge in [-0.05, 0) is 49.6 Å². The second kappa shape index (κ2) is 12.2. The van der Waals surface area contributed by atoms with Gasteiger partial charge in [-0.3, -0.25) is 9.59 Å². The van der Waals surface area contributed by atoms with E-state index < -0.39 is 0 Å². The van der Waals surface area contributed by atoms with Crippen LogP contribution < -0.4 is 10.2 Å². The number of benzene rings is 2. The third-order valence-electron chi connectivity index (χ3n) is 5.35. The maximum atomic E-state index is 12.7. The van der Waals surface area contributed by atoms with Crippen molar-refractivity contribution in [3.05, 3.63) is 78.1 Å². The molecule has 1 aromatic heterocycles. The lowest BCUT2D eigenvalue weighted by Gasteiger charge is -2.21. The summed E-state index contributed by atoms with van der Waals surface area (Å²) in [5.74, 6) is -0.302. The molecule has 0 atom stereocenters. The van der Waals surface area contributed by atoms with E-state index in [1.165, 1.54) is 0 Å². The van der Waals surface area contributed by atoms with Crippen molar-refractivity contribution in [1.82, 2.24) is 15.1 Å². The SMILES string of the molecule is Cc1nn(-c2ccccc2)cc1CCCNC(=O)CCC(=O)N(CCC#N)c1ccccc1. The Hall–Kier alpha value is -3.92. The van der Waals surface area contributed by atoms with Crippen molar-refractivity contribution in [2.24, 2.45) is 0 Å². The lowest BCUT2D eigenvalue weighted by atomic mass is 10.1. The van der Waals surface area contributed by atoms with E-state index >= 15 is 0 Å². The monoisotopic (exact) mass is 443 g/mol. The van der Waals surface area contributed by atoms with Crippen LogP contribution in [0.25, 0.3) is 5.69 Å². The molecule has 0 aliphatic heterocycles. The molecule has 0 radical (unpaired) electrons. The van der Waals surface area contributed by atoms with Crippen molar-refractivity contribution >= 4 is 17.5 Å². The van der Waals surface area contributed by atoms with E-state index in [-0.39, 0.29) is 31.1 Å². The van der Waals surface area contributed by atoms with E-state index in [0.29, 0.717) is 13.1 Å². The third kappa shape index (κ3) is 7.04. The minimum atomic E-state index is -0.157. The van der Waals surface area contributed by atoms with Gasteiger partial charge < -0.3 is 10.2 Å². The summed E-state index contributed by atoms with van der Waals surface area (Å²) in [4.78, 5) is 26.5. The van der Waals surface area contributed by atoms with Crippen molar-refractivity contribution in [2.75, 3.05) is 18.0 Å². The Morgan fingerprint density at radius 1 is 1.06 bits per heavy atom. The zero-order valence-corrected chi connectivity index (χ0v) is 18.9. The molecule has 33 heavy (non-hydrogen) atoms. The molecule has 170 valence electrons. The van der Waals surface area contributed by atoms with Crippen molar-refractivity contribution in [3.63, 3.8) is 0 Å². The van der Waals surface area contributed by atoms with Crippen LogP contribution >= 0.6 is 0 Å². The number of rotatable bonds is 11. The topological polar surface area (TPSA) is 91.0 Å². The molecule has 0 fully saturated rings. The molecule has 0 saturated carbocycles. The normalized spacial score (nSPS) is 10.4. The number of hydrogen-bond acceptors (Lipinski definition) is 4. The summed E-state index contributed by atoms with van der Waals surface area (Å²) < 4.78 is 1.87. The van der Waals surface area contributed by atoms with Crippen LogP contribution in [0.5, 0.6) is 0 Å². The van der Waals surface area contributed by atoms with Gasteiger partial charge in [0, 0.05) is 37.8 Å². The van der Waals surface area contributed by atoms with E-state index in [1.54, 1.807) is 4.90 Å². The number of aryl methyl sites for hydroxylation is 2. The average Bonchev–Trinajstić information content (AvgIpc) is 3.22. The van der Waals surface area contributed by atoms with Gasteiger partial charge in [-0.1, -0.05) is 36.4 Å². The molecule has 0 bridgehead atoms. The van der Waals surface area contributed by atoms with Gasteiger partial charge in [0.15, 0.2) is 0 Å². The molecule has 2 amide bonds. The van der Waals surface area contributed by atoms with Gasteiger partial charge >= 0.3 is 0 Å². The lowest BCUT2D eigenvalue weighted by Crippen LogP contribution is -2.33. The highest BCUT2D eigenvalue weighted by Crippen LogP contribution is 2.16. The number of amides is 2. The summed E-state index contributed by atoms with van der Waals surface area (Å²) >= 11 is 0. The number of nitrogens with zero attached hydrogens (tertiary/aromatic N) is 4. The molecule has 0 saturated heterocycles. The zero-order valence-electron chi connectivity index (χ0n) is 18.9. The van der Waals surface area contributed by atoms with Crippen molar-refractivity contribution < 1.29 is 9.59 Å². The van der Waals surface area contributed by atoms with E-state index in [2.05, 4.69) is 16.5 Å². The standard InChI is InChI=1S/C26H29N5O2/c1-21-22(20-31(29-21)24-13-6-3-7-14-24)10-8-18-28-25(32)15-16-26(33)30(19-9-17-27)23-11-4-2-5-12-23/h2-7,11-14,20H,8-10,15-16,18-19H2,1H3,(H,28,32). The van der Waals surface area contributed by atoms with E-state index in [9.17, 15) is 9.59 Å². The summed E-state index contributed by atoms with van der Waals surface area (Å²) in [6.07, 6.45) is 4.11. The number of hydrogen-bond donors (Lipinski definition) is 1. The maximum Gasteiger partial charge on any atom is 0.227 e. The summed E-state index contributed by atoms with van der Waals surface area (Å²) in [7, 11) is 0. The molecule has 0 aliphatic rings.